The van der Waals surface area contributed by atoms with Gasteiger partial charge in [0.15, 0.2) is 0 Å². The standard InChI is InChI=1S/C22H26FN3O5S/c1-2-31-19-7-5-18(6-8-19)26(32(29,30)20-9-3-17(23)4-10-20)15-21(27)25-13-11-16(12-14-25)22(24)28/h3-10,16H,2,11-15H2,1H3,(H2,24,28). The Balaban J connectivity index is 1.87. The summed E-state index contributed by atoms with van der Waals surface area (Å²) >= 11 is 0. The summed E-state index contributed by atoms with van der Waals surface area (Å²) in [5.41, 5.74) is 5.62. The number of primary amides is 1. The predicted molar refractivity (Wildman–Crippen MR) is 117 cm³/mol. The molecule has 2 N–H and O–H groups in total. The number of nitrogens with two attached hydrogens (primary N) is 1. The van der Waals surface area contributed by atoms with Gasteiger partial charge in [0.25, 0.3) is 10.0 Å². The SMILES string of the molecule is CCOc1ccc(N(CC(=O)N2CCC(C(N)=O)CC2)S(=O)(=O)c2ccc(F)cc2)cc1. The fraction of sp³-hybridized carbons (Fsp3) is 0.364. The van der Waals surface area contributed by atoms with Crippen LogP contribution in [-0.4, -0.2) is 51.4 Å². The first-order valence-corrected chi connectivity index (χ1v) is 11.7. The van der Waals surface area contributed by atoms with Gasteiger partial charge in [-0.2, -0.15) is 0 Å². The summed E-state index contributed by atoms with van der Waals surface area (Å²) in [4.78, 5) is 25.8. The summed E-state index contributed by atoms with van der Waals surface area (Å²) in [5.74, 6) is -1.08. The topological polar surface area (TPSA) is 110 Å². The molecule has 0 saturated carbocycles. The van der Waals surface area contributed by atoms with Crippen LogP contribution >= 0.6 is 0 Å². The fourth-order valence-corrected chi connectivity index (χ4v) is 4.97. The highest BCUT2D eigenvalue weighted by Crippen LogP contribution is 2.27. The van der Waals surface area contributed by atoms with Crippen LogP contribution in [0.2, 0.25) is 0 Å². The third kappa shape index (κ3) is 5.37. The first kappa shape index (κ1) is 23.5. The molecule has 1 heterocycles. The molecule has 2 aromatic rings. The van der Waals surface area contributed by atoms with Gasteiger partial charge in [-0.3, -0.25) is 13.9 Å². The molecule has 1 aliphatic rings. The van der Waals surface area contributed by atoms with E-state index >= 15 is 0 Å². The smallest absolute Gasteiger partial charge is 0.264 e. The van der Waals surface area contributed by atoms with Gasteiger partial charge in [0.1, 0.15) is 18.1 Å². The van der Waals surface area contributed by atoms with Gasteiger partial charge in [-0.05, 0) is 68.3 Å². The minimum absolute atomic E-state index is 0.131. The van der Waals surface area contributed by atoms with E-state index in [1.807, 2.05) is 6.92 Å². The van der Waals surface area contributed by atoms with E-state index in [0.717, 1.165) is 28.6 Å². The van der Waals surface area contributed by atoms with Crippen molar-refractivity contribution in [1.82, 2.24) is 4.90 Å². The van der Waals surface area contributed by atoms with Gasteiger partial charge in [-0.15, -0.1) is 0 Å². The first-order valence-electron chi connectivity index (χ1n) is 10.3. The van der Waals surface area contributed by atoms with Crippen LogP contribution in [0.5, 0.6) is 5.75 Å². The third-order valence-electron chi connectivity index (χ3n) is 5.37. The Morgan fingerprint density at radius 2 is 1.69 bits per heavy atom. The van der Waals surface area contributed by atoms with E-state index in [1.165, 1.54) is 4.90 Å². The number of carbonyl (C=O) groups is 2. The van der Waals surface area contributed by atoms with Crippen LogP contribution in [0.15, 0.2) is 53.4 Å². The van der Waals surface area contributed by atoms with E-state index in [1.54, 1.807) is 24.3 Å². The summed E-state index contributed by atoms with van der Waals surface area (Å²) in [6.07, 6.45) is 0.879. The number of halogens is 1. The number of nitrogens with zero attached hydrogens (tertiary/aromatic N) is 2. The molecule has 2 amide bonds. The number of benzene rings is 2. The van der Waals surface area contributed by atoms with Crippen molar-refractivity contribution in [3.05, 3.63) is 54.3 Å². The summed E-state index contributed by atoms with van der Waals surface area (Å²) in [6, 6.07) is 10.8. The van der Waals surface area contributed by atoms with Crippen molar-refractivity contribution in [2.24, 2.45) is 11.7 Å². The van der Waals surface area contributed by atoms with Crippen LogP contribution in [0.25, 0.3) is 0 Å². The van der Waals surface area contributed by atoms with Gasteiger partial charge in [-0.1, -0.05) is 0 Å². The second-order valence-corrected chi connectivity index (χ2v) is 9.31. The number of amides is 2. The van der Waals surface area contributed by atoms with Gasteiger partial charge in [-0.25, -0.2) is 12.8 Å². The van der Waals surface area contributed by atoms with E-state index in [9.17, 15) is 22.4 Å². The number of hydrogen-bond acceptors (Lipinski definition) is 5. The van der Waals surface area contributed by atoms with Gasteiger partial charge in [0.05, 0.1) is 17.2 Å². The Morgan fingerprint density at radius 1 is 1.09 bits per heavy atom. The maximum Gasteiger partial charge on any atom is 0.264 e. The molecule has 0 radical (unpaired) electrons. The number of sulfonamides is 1. The van der Waals surface area contributed by atoms with Gasteiger partial charge >= 0.3 is 0 Å². The molecule has 0 aromatic heterocycles. The predicted octanol–water partition coefficient (Wildman–Crippen LogP) is 2.14. The number of anilines is 1. The maximum absolute atomic E-state index is 13.4. The molecule has 1 saturated heterocycles. The quantitative estimate of drug-likeness (QED) is 0.645. The Hall–Kier alpha value is -3.14. The van der Waals surface area contributed by atoms with Crippen molar-refractivity contribution in [1.29, 1.82) is 0 Å². The summed E-state index contributed by atoms with van der Waals surface area (Å²) < 4.78 is 46.5. The Labute approximate surface area is 186 Å². The van der Waals surface area contributed by atoms with Crippen molar-refractivity contribution in [2.45, 2.75) is 24.7 Å². The first-order chi connectivity index (χ1) is 15.2. The molecule has 8 nitrogen and oxygen atoms in total. The van der Waals surface area contributed by atoms with Crippen molar-refractivity contribution >= 4 is 27.5 Å². The Kier molecular flexibility index (Phi) is 7.34. The van der Waals surface area contributed by atoms with Crippen LogP contribution < -0.4 is 14.8 Å². The van der Waals surface area contributed by atoms with Crippen molar-refractivity contribution < 1.29 is 27.1 Å². The van der Waals surface area contributed by atoms with Gasteiger partial charge in [0, 0.05) is 19.0 Å². The minimum atomic E-state index is -4.15. The second-order valence-electron chi connectivity index (χ2n) is 7.45. The lowest BCUT2D eigenvalue weighted by atomic mass is 9.96. The Morgan fingerprint density at radius 3 is 2.22 bits per heavy atom. The number of ether oxygens (including phenoxy) is 1. The molecule has 3 rings (SSSR count). The minimum Gasteiger partial charge on any atom is -0.494 e. The van der Waals surface area contributed by atoms with Crippen LogP contribution in [0.3, 0.4) is 0 Å². The monoisotopic (exact) mass is 463 g/mol. The molecule has 172 valence electrons. The Bertz CT molecular complexity index is 1050. The van der Waals surface area contributed by atoms with Gasteiger partial charge < -0.3 is 15.4 Å². The number of rotatable bonds is 8. The molecular formula is C22H26FN3O5S. The van der Waals surface area contributed by atoms with Crippen LogP contribution in [0, 0.1) is 11.7 Å². The lowest BCUT2D eigenvalue weighted by Gasteiger charge is -2.33. The number of carbonyl (C=O) groups excluding carboxylic acids is 2. The number of hydrogen-bond donors (Lipinski definition) is 1. The second kappa shape index (κ2) is 9.99. The molecule has 0 bridgehead atoms. The molecule has 1 aliphatic heterocycles. The zero-order valence-corrected chi connectivity index (χ0v) is 18.6. The fourth-order valence-electron chi connectivity index (χ4n) is 3.56. The van der Waals surface area contributed by atoms with Gasteiger partial charge in [0.2, 0.25) is 11.8 Å². The van der Waals surface area contributed by atoms with E-state index in [4.69, 9.17) is 10.5 Å². The summed E-state index contributed by atoms with van der Waals surface area (Å²) in [5, 5.41) is 0. The highest BCUT2D eigenvalue weighted by atomic mass is 32.2. The van der Waals surface area contributed by atoms with Crippen LogP contribution in [0.1, 0.15) is 19.8 Å². The molecule has 0 spiro atoms. The average molecular weight is 464 g/mol. The lowest BCUT2D eigenvalue weighted by Crippen LogP contribution is -2.47. The summed E-state index contributed by atoms with van der Waals surface area (Å²) in [7, 11) is -4.15. The number of piperidine rings is 1. The zero-order valence-electron chi connectivity index (χ0n) is 17.7. The molecule has 0 aliphatic carbocycles. The van der Waals surface area contributed by atoms with Crippen LogP contribution in [-0.2, 0) is 19.6 Å². The third-order valence-corrected chi connectivity index (χ3v) is 7.15. The molecule has 0 atom stereocenters. The van der Waals surface area contributed by atoms with Crippen molar-refractivity contribution in [3.63, 3.8) is 0 Å². The lowest BCUT2D eigenvalue weighted by molar-refractivity contribution is -0.133. The zero-order chi connectivity index (χ0) is 23.3. The van der Waals surface area contributed by atoms with E-state index in [-0.39, 0.29) is 16.5 Å². The average Bonchev–Trinajstić information content (AvgIpc) is 2.78. The van der Waals surface area contributed by atoms with E-state index in [2.05, 4.69) is 0 Å². The van der Waals surface area contributed by atoms with E-state index in [0.29, 0.717) is 38.3 Å². The van der Waals surface area contributed by atoms with Crippen LogP contribution in [0.4, 0.5) is 10.1 Å². The normalized spacial score (nSPS) is 14.8. The molecule has 2 aromatic carbocycles. The van der Waals surface area contributed by atoms with Crippen molar-refractivity contribution in [3.8, 4) is 5.75 Å². The molecule has 1 fully saturated rings. The van der Waals surface area contributed by atoms with E-state index < -0.39 is 34.2 Å². The molecule has 32 heavy (non-hydrogen) atoms. The summed E-state index contributed by atoms with van der Waals surface area (Å²) in [6.45, 7) is 2.49. The molecular weight excluding hydrogens is 437 g/mol. The number of likely N-dealkylation sites (tertiary alicyclic amines) is 1. The maximum atomic E-state index is 13.4. The van der Waals surface area contributed by atoms with Crippen molar-refractivity contribution in [2.75, 3.05) is 30.5 Å². The largest absolute Gasteiger partial charge is 0.494 e. The molecule has 0 unspecified atom stereocenters. The highest BCUT2D eigenvalue weighted by Gasteiger charge is 2.31. The highest BCUT2D eigenvalue weighted by molar-refractivity contribution is 7.92. The molecule has 10 heteroatoms.